The third kappa shape index (κ3) is 4.89. The molecule has 2 aromatic rings. The highest BCUT2D eigenvalue weighted by Crippen LogP contribution is 2.27. The molecule has 0 spiro atoms. The van der Waals surface area contributed by atoms with E-state index >= 15 is 0 Å². The Hall–Kier alpha value is -1.27. The van der Waals surface area contributed by atoms with Crippen LogP contribution in [0.5, 0.6) is 5.75 Å². The Labute approximate surface area is 136 Å². The summed E-state index contributed by atoms with van der Waals surface area (Å²) in [5.41, 5.74) is 0. The van der Waals surface area contributed by atoms with E-state index in [2.05, 4.69) is 5.32 Å². The third-order valence-corrected chi connectivity index (χ3v) is 4.12. The van der Waals surface area contributed by atoms with Crippen molar-refractivity contribution in [2.45, 2.75) is 6.10 Å². The quantitative estimate of drug-likeness (QED) is 0.844. The number of carbonyl (C=O) groups excluding carboxylic acids is 1. The van der Waals surface area contributed by atoms with Crippen LogP contribution in [0.4, 0.5) is 0 Å². The van der Waals surface area contributed by atoms with E-state index < -0.39 is 6.10 Å². The van der Waals surface area contributed by atoms with Gasteiger partial charge >= 0.3 is 0 Å². The molecule has 2 N–H and O–H groups in total. The van der Waals surface area contributed by atoms with Crippen LogP contribution < -0.4 is 10.1 Å². The molecule has 0 aliphatic rings. The number of ether oxygens (including phenoxy) is 1. The molecule has 1 aromatic heterocycles. The third-order valence-electron chi connectivity index (χ3n) is 2.62. The van der Waals surface area contributed by atoms with Crippen LogP contribution in [0.1, 0.15) is 11.0 Å². The fourth-order valence-corrected chi connectivity index (χ4v) is 2.75. The molecule has 1 amide bonds. The lowest BCUT2D eigenvalue weighted by Gasteiger charge is -2.11. The van der Waals surface area contributed by atoms with Crippen molar-refractivity contribution in [2.24, 2.45) is 0 Å². The predicted octanol–water partition coefficient (Wildman–Crippen LogP) is 3.28. The maximum Gasteiger partial charge on any atom is 0.258 e. The van der Waals surface area contributed by atoms with E-state index in [9.17, 15) is 9.90 Å². The number of benzene rings is 1. The van der Waals surface area contributed by atoms with Crippen LogP contribution >= 0.6 is 34.5 Å². The Kier molecular flexibility index (Phi) is 5.87. The second kappa shape index (κ2) is 7.66. The average molecular weight is 346 g/mol. The largest absolute Gasteiger partial charge is 0.482 e. The van der Waals surface area contributed by atoms with Crippen LogP contribution in [0.25, 0.3) is 0 Å². The van der Waals surface area contributed by atoms with Crippen molar-refractivity contribution in [3.05, 3.63) is 50.6 Å². The van der Waals surface area contributed by atoms with Crippen molar-refractivity contribution >= 4 is 40.4 Å². The van der Waals surface area contributed by atoms with Crippen molar-refractivity contribution in [3.8, 4) is 5.75 Å². The molecule has 112 valence electrons. The van der Waals surface area contributed by atoms with Crippen LogP contribution in [0.2, 0.25) is 10.0 Å². The summed E-state index contributed by atoms with van der Waals surface area (Å²) in [6.07, 6.45) is -0.715. The summed E-state index contributed by atoms with van der Waals surface area (Å²) in [6, 6.07) is 8.42. The van der Waals surface area contributed by atoms with Gasteiger partial charge in [0.15, 0.2) is 6.61 Å². The molecule has 0 saturated carbocycles. The molecule has 2 rings (SSSR count). The molecular weight excluding hydrogens is 333 g/mol. The molecule has 7 heteroatoms. The summed E-state index contributed by atoms with van der Waals surface area (Å²) < 4.78 is 5.29. The fourth-order valence-electron chi connectivity index (χ4n) is 1.58. The Balaban J connectivity index is 1.77. The minimum Gasteiger partial charge on any atom is -0.482 e. The van der Waals surface area contributed by atoms with Crippen molar-refractivity contribution in [1.29, 1.82) is 0 Å². The van der Waals surface area contributed by atoms with Gasteiger partial charge in [0.25, 0.3) is 5.91 Å². The van der Waals surface area contributed by atoms with Gasteiger partial charge in [-0.05, 0) is 29.6 Å². The first kappa shape index (κ1) is 16.1. The minimum atomic E-state index is -0.715. The standard InChI is InChI=1S/C14H13Cl2NO3S/c15-9-3-4-12(10(16)6-9)20-8-14(19)17-7-11(18)13-2-1-5-21-13/h1-6,11,18H,7-8H2,(H,17,19). The van der Waals surface area contributed by atoms with Crippen LogP contribution in [0, 0.1) is 0 Å². The zero-order valence-electron chi connectivity index (χ0n) is 10.9. The fraction of sp³-hybridized carbons (Fsp3) is 0.214. The second-order valence-electron chi connectivity index (χ2n) is 4.20. The van der Waals surface area contributed by atoms with Crippen LogP contribution in [-0.4, -0.2) is 24.2 Å². The van der Waals surface area contributed by atoms with Gasteiger partial charge in [-0.1, -0.05) is 29.3 Å². The van der Waals surface area contributed by atoms with Crippen molar-refractivity contribution < 1.29 is 14.6 Å². The van der Waals surface area contributed by atoms with E-state index in [1.165, 1.54) is 17.4 Å². The number of rotatable bonds is 6. The summed E-state index contributed by atoms with van der Waals surface area (Å²) in [5.74, 6) is 0.0478. The van der Waals surface area contributed by atoms with Crippen LogP contribution in [0.3, 0.4) is 0 Å². The molecule has 0 fully saturated rings. The molecule has 1 atom stereocenters. The zero-order chi connectivity index (χ0) is 15.2. The van der Waals surface area contributed by atoms with E-state index in [0.29, 0.717) is 15.8 Å². The molecule has 1 unspecified atom stereocenters. The molecular formula is C14H13Cl2NO3S. The lowest BCUT2D eigenvalue weighted by atomic mass is 10.3. The minimum absolute atomic E-state index is 0.136. The second-order valence-corrected chi connectivity index (χ2v) is 6.02. The monoisotopic (exact) mass is 345 g/mol. The van der Waals surface area contributed by atoms with Gasteiger partial charge in [0.2, 0.25) is 0 Å². The highest BCUT2D eigenvalue weighted by atomic mass is 35.5. The maximum absolute atomic E-state index is 11.7. The first-order valence-corrected chi connectivity index (χ1v) is 7.76. The van der Waals surface area contributed by atoms with E-state index in [-0.39, 0.29) is 19.1 Å². The summed E-state index contributed by atoms with van der Waals surface area (Å²) in [4.78, 5) is 12.5. The predicted molar refractivity (Wildman–Crippen MR) is 84.2 cm³/mol. The molecule has 0 aliphatic heterocycles. The number of hydrogen-bond donors (Lipinski definition) is 2. The van der Waals surface area contributed by atoms with Gasteiger partial charge in [-0.15, -0.1) is 11.3 Å². The van der Waals surface area contributed by atoms with Gasteiger partial charge in [0.05, 0.1) is 5.02 Å². The number of carbonyl (C=O) groups is 1. The molecule has 0 aliphatic carbocycles. The molecule has 1 heterocycles. The zero-order valence-corrected chi connectivity index (χ0v) is 13.2. The Bertz CT molecular complexity index is 604. The molecule has 1 aromatic carbocycles. The van der Waals surface area contributed by atoms with E-state index in [4.69, 9.17) is 27.9 Å². The molecule has 0 radical (unpaired) electrons. The smallest absolute Gasteiger partial charge is 0.258 e. The summed E-state index contributed by atoms with van der Waals surface area (Å²) >= 11 is 13.1. The SMILES string of the molecule is O=C(COc1ccc(Cl)cc1Cl)NCC(O)c1cccs1. The first-order chi connectivity index (χ1) is 10.1. The summed E-state index contributed by atoms with van der Waals surface area (Å²) in [6.45, 7) is -0.0461. The van der Waals surface area contributed by atoms with Gasteiger partial charge in [0.1, 0.15) is 11.9 Å². The van der Waals surface area contributed by atoms with Gasteiger partial charge in [-0.2, -0.15) is 0 Å². The Morgan fingerprint density at radius 1 is 1.38 bits per heavy atom. The number of aliphatic hydroxyl groups excluding tert-OH is 1. The Morgan fingerprint density at radius 3 is 2.86 bits per heavy atom. The van der Waals surface area contributed by atoms with Crippen molar-refractivity contribution in [3.63, 3.8) is 0 Å². The van der Waals surface area contributed by atoms with E-state index in [1.54, 1.807) is 12.1 Å². The highest BCUT2D eigenvalue weighted by molar-refractivity contribution is 7.10. The number of amides is 1. The van der Waals surface area contributed by atoms with Gasteiger partial charge in [-0.25, -0.2) is 0 Å². The van der Waals surface area contributed by atoms with Gasteiger partial charge in [0, 0.05) is 16.4 Å². The Morgan fingerprint density at radius 2 is 2.19 bits per heavy atom. The van der Waals surface area contributed by atoms with Crippen molar-refractivity contribution in [2.75, 3.05) is 13.2 Å². The average Bonchev–Trinajstić information content (AvgIpc) is 2.98. The lowest BCUT2D eigenvalue weighted by molar-refractivity contribution is -0.123. The topological polar surface area (TPSA) is 58.6 Å². The van der Waals surface area contributed by atoms with E-state index in [1.807, 2.05) is 17.5 Å². The van der Waals surface area contributed by atoms with Crippen molar-refractivity contribution in [1.82, 2.24) is 5.32 Å². The number of aliphatic hydroxyl groups is 1. The number of hydrogen-bond acceptors (Lipinski definition) is 4. The number of nitrogens with one attached hydrogen (secondary N) is 1. The highest BCUT2D eigenvalue weighted by Gasteiger charge is 2.11. The van der Waals surface area contributed by atoms with Gasteiger partial charge < -0.3 is 15.2 Å². The lowest BCUT2D eigenvalue weighted by Crippen LogP contribution is -2.32. The first-order valence-electron chi connectivity index (χ1n) is 6.12. The van der Waals surface area contributed by atoms with E-state index in [0.717, 1.165) is 4.88 Å². The number of thiophene rings is 1. The van der Waals surface area contributed by atoms with Crippen LogP contribution in [0.15, 0.2) is 35.7 Å². The number of halogens is 2. The molecule has 4 nitrogen and oxygen atoms in total. The summed E-state index contributed by atoms with van der Waals surface area (Å²) in [7, 11) is 0. The molecule has 21 heavy (non-hydrogen) atoms. The molecule has 0 bridgehead atoms. The normalized spacial score (nSPS) is 12.0. The summed E-state index contributed by atoms with van der Waals surface area (Å²) in [5, 5.41) is 15.1. The molecule has 0 saturated heterocycles. The van der Waals surface area contributed by atoms with Crippen LogP contribution in [-0.2, 0) is 4.79 Å². The van der Waals surface area contributed by atoms with Gasteiger partial charge in [-0.3, -0.25) is 4.79 Å². The maximum atomic E-state index is 11.7.